The Hall–Kier alpha value is -5.05. The fraction of sp³-hybridized carbons (Fsp3) is 0.791. The lowest BCUT2D eigenvalue weighted by Gasteiger charge is -2.31. The number of aliphatic hydroxyl groups excluding tert-OH is 2. The number of aliphatic imine (C=N–C) groups is 1. The predicted octanol–water partition coefficient (Wildman–Crippen LogP) is -0.476. The molecule has 21 nitrogen and oxygen atoms in total. The molecule has 0 aromatic carbocycles. The molecule has 1 saturated heterocycles. The highest BCUT2D eigenvalue weighted by Crippen LogP contribution is 2.16. The van der Waals surface area contributed by atoms with Gasteiger partial charge >= 0.3 is 5.97 Å². The van der Waals surface area contributed by atoms with Crippen LogP contribution in [0.15, 0.2) is 4.99 Å². The van der Waals surface area contributed by atoms with Gasteiger partial charge in [-0.2, -0.15) is 0 Å². The molecule has 21 heteroatoms. The van der Waals surface area contributed by atoms with E-state index < -0.39 is 114 Å². The number of esters is 1. The first kappa shape index (κ1) is 57.0. The molecule has 1 fully saturated rings. The second-order valence-electron chi connectivity index (χ2n) is 17.3. The van der Waals surface area contributed by atoms with Gasteiger partial charge in [0, 0.05) is 13.0 Å². The molecule has 0 aliphatic carbocycles. The molecule has 0 spiro atoms. The first-order valence-electron chi connectivity index (χ1n) is 22.8. The van der Waals surface area contributed by atoms with Gasteiger partial charge in [-0.15, -0.1) is 0 Å². The number of nitrogens with one attached hydrogen (secondary N) is 6. The second-order valence-corrected chi connectivity index (χ2v) is 17.3. The number of nitrogens with zero attached hydrogens (tertiary/aromatic N) is 1. The molecule has 10 atom stereocenters. The van der Waals surface area contributed by atoms with Gasteiger partial charge in [0.1, 0.15) is 42.4 Å². The lowest BCUT2D eigenvalue weighted by atomic mass is 9.95. The van der Waals surface area contributed by atoms with Gasteiger partial charge in [-0.05, 0) is 51.9 Å². The zero-order valence-corrected chi connectivity index (χ0v) is 38.9. The topological polar surface area (TPSA) is 349 Å². The van der Waals surface area contributed by atoms with Gasteiger partial charge in [0.15, 0.2) is 5.96 Å². The van der Waals surface area contributed by atoms with Crippen molar-refractivity contribution in [2.75, 3.05) is 6.54 Å². The van der Waals surface area contributed by atoms with Crippen molar-refractivity contribution in [3.05, 3.63) is 0 Å². The van der Waals surface area contributed by atoms with Gasteiger partial charge in [-0.1, -0.05) is 91.9 Å². The SMILES string of the molecule is CC[C@H](C)[C@H]1NC(=O)C(NC(=O)CC(O)CCCCCCCCCCCCN=C(N)N)[C@@H](C)OC(=O)[C@@H](C)NC(=O)[C@@H](CCC(N)=O)NC(=O)[C@@H]([C@@H](C)O)NC(=O)C(C(C)C)NC1=O. The van der Waals surface area contributed by atoms with Crippen molar-refractivity contribution in [3.63, 3.8) is 0 Å². The fourth-order valence-electron chi connectivity index (χ4n) is 6.97. The highest BCUT2D eigenvalue weighted by Gasteiger charge is 2.39. The normalized spacial score (nSPS) is 24.5. The van der Waals surface area contributed by atoms with E-state index in [-0.39, 0.29) is 25.2 Å². The first-order chi connectivity index (χ1) is 30.1. The summed E-state index contributed by atoms with van der Waals surface area (Å²) >= 11 is 0. The Labute approximate surface area is 377 Å². The van der Waals surface area contributed by atoms with Gasteiger partial charge in [0.05, 0.1) is 18.6 Å². The number of ether oxygens (including phenoxy) is 1. The molecule has 14 N–H and O–H groups in total. The van der Waals surface area contributed by atoms with Gasteiger partial charge < -0.3 is 64.1 Å². The zero-order chi connectivity index (χ0) is 48.5. The van der Waals surface area contributed by atoms with E-state index in [2.05, 4.69) is 36.9 Å². The van der Waals surface area contributed by atoms with Crippen LogP contribution in [-0.2, 0) is 43.1 Å². The number of cyclic esters (lactones) is 1. The maximum atomic E-state index is 14.1. The summed E-state index contributed by atoms with van der Waals surface area (Å²) in [6.07, 6.45) is 5.81. The highest BCUT2D eigenvalue weighted by molar-refractivity contribution is 5.97. The maximum absolute atomic E-state index is 14.1. The summed E-state index contributed by atoms with van der Waals surface area (Å²) in [4.78, 5) is 111. The summed E-state index contributed by atoms with van der Waals surface area (Å²) in [6.45, 7) is 11.2. The molecular formula is C43H78N10O11. The first-order valence-corrected chi connectivity index (χ1v) is 22.8. The quantitative estimate of drug-likeness (QED) is 0.0268. The molecule has 1 rings (SSSR count). The molecule has 1 heterocycles. The van der Waals surface area contributed by atoms with E-state index in [9.17, 15) is 48.6 Å². The zero-order valence-electron chi connectivity index (χ0n) is 38.9. The lowest BCUT2D eigenvalue weighted by molar-refractivity contribution is -0.155. The maximum Gasteiger partial charge on any atom is 0.328 e. The van der Waals surface area contributed by atoms with Crippen molar-refractivity contribution in [3.8, 4) is 0 Å². The minimum absolute atomic E-state index is 0.113. The predicted molar refractivity (Wildman–Crippen MR) is 239 cm³/mol. The Balaban J connectivity index is 3.26. The molecule has 0 aromatic heterocycles. The number of carbonyl (C=O) groups is 8. The van der Waals surface area contributed by atoms with Crippen molar-refractivity contribution in [1.82, 2.24) is 31.9 Å². The van der Waals surface area contributed by atoms with E-state index in [0.717, 1.165) is 57.8 Å². The number of primary amides is 1. The lowest BCUT2D eigenvalue weighted by Crippen LogP contribution is -2.63. The molecule has 0 aromatic rings. The Morgan fingerprint density at radius 2 is 1.22 bits per heavy atom. The molecule has 1 aliphatic heterocycles. The van der Waals surface area contributed by atoms with Crippen LogP contribution in [0.2, 0.25) is 0 Å². The van der Waals surface area contributed by atoms with Crippen molar-refractivity contribution in [2.45, 2.75) is 199 Å². The third-order valence-corrected chi connectivity index (χ3v) is 11.2. The average Bonchev–Trinajstić information content (AvgIpc) is 3.21. The molecule has 64 heavy (non-hydrogen) atoms. The summed E-state index contributed by atoms with van der Waals surface area (Å²) < 4.78 is 5.58. The van der Waals surface area contributed by atoms with Crippen LogP contribution in [0.25, 0.3) is 0 Å². The van der Waals surface area contributed by atoms with Gasteiger partial charge in [-0.3, -0.25) is 38.6 Å². The Kier molecular flexibility index (Phi) is 26.8. The highest BCUT2D eigenvalue weighted by atomic mass is 16.5. The molecule has 366 valence electrons. The number of rotatable bonds is 23. The summed E-state index contributed by atoms with van der Waals surface area (Å²) in [7, 11) is 0. The van der Waals surface area contributed by atoms with Crippen LogP contribution >= 0.6 is 0 Å². The number of nitrogens with two attached hydrogens (primary N) is 3. The number of hydrogen-bond donors (Lipinski definition) is 11. The minimum atomic E-state index is -1.64. The Morgan fingerprint density at radius 1 is 0.703 bits per heavy atom. The average molecular weight is 911 g/mol. The number of hydrogen-bond acceptors (Lipinski definition) is 12. The Morgan fingerprint density at radius 3 is 1.75 bits per heavy atom. The minimum Gasteiger partial charge on any atom is -0.458 e. The number of carbonyl (C=O) groups excluding carboxylic acids is 8. The van der Waals surface area contributed by atoms with E-state index in [1.807, 2.05) is 0 Å². The largest absolute Gasteiger partial charge is 0.458 e. The van der Waals surface area contributed by atoms with Crippen molar-refractivity contribution in [1.29, 1.82) is 0 Å². The molecule has 1 aliphatic rings. The second kappa shape index (κ2) is 30.2. The monoisotopic (exact) mass is 911 g/mol. The summed E-state index contributed by atoms with van der Waals surface area (Å²) in [5, 5.41) is 36.4. The fourth-order valence-corrected chi connectivity index (χ4v) is 6.97. The standard InChI is InChI=1S/C43H78N10O11/c1-8-25(4)34-39(60)51-33(24(2)3)38(59)53-35(27(6)54)40(61)49-30(20-21-31(44)56)37(58)48-26(5)42(63)64-28(7)36(41(62)52-34)50-32(57)23-29(55)19-17-15-13-11-9-10-12-14-16-18-22-47-43(45)46/h24-30,33-36,54-55H,8-23H2,1-7H3,(H2,44,56)(H,48,58)(H,49,61)(H,50,57)(H,51,60)(H,52,62)(H,53,59)(H4,45,46,47)/t25-,26+,27+,28+,29?,30+,33?,34+,35+,36?/m0/s1. The molecule has 3 unspecified atom stereocenters. The van der Waals surface area contributed by atoms with Crippen LogP contribution in [0.3, 0.4) is 0 Å². The van der Waals surface area contributed by atoms with Gasteiger partial charge in [0.25, 0.3) is 0 Å². The van der Waals surface area contributed by atoms with Crippen LogP contribution in [0.5, 0.6) is 0 Å². The van der Waals surface area contributed by atoms with Crippen molar-refractivity contribution in [2.24, 2.45) is 34.0 Å². The van der Waals surface area contributed by atoms with Crippen LogP contribution in [0.1, 0.15) is 145 Å². The van der Waals surface area contributed by atoms with Crippen LogP contribution in [-0.4, -0.2) is 125 Å². The van der Waals surface area contributed by atoms with E-state index in [1.165, 1.54) is 20.8 Å². The molecular weight excluding hydrogens is 833 g/mol. The van der Waals surface area contributed by atoms with Crippen molar-refractivity contribution >= 4 is 53.3 Å². The van der Waals surface area contributed by atoms with E-state index >= 15 is 0 Å². The summed E-state index contributed by atoms with van der Waals surface area (Å²) in [5.74, 6) is -8.06. The third kappa shape index (κ3) is 22.0. The van der Waals surface area contributed by atoms with E-state index in [0.29, 0.717) is 25.8 Å². The molecule has 0 radical (unpaired) electrons. The van der Waals surface area contributed by atoms with Crippen molar-refractivity contribution < 1.29 is 53.3 Å². The van der Waals surface area contributed by atoms with E-state index in [4.69, 9.17) is 21.9 Å². The summed E-state index contributed by atoms with van der Waals surface area (Å²) in [5.41, 5.74) is 16.0. The smallest absolute Gasteiger partial charge is 0.328 e. The number of aliphatic hydroxyl groups is 2. The van der Waals surface area contributed by atoms with Crippen LogP contribution in [0, 0.1) is 11.8 Å². The third-order valence-electron chi connectivity index (χ3n) is 11.2. The number of amides is 7. The number of guanidine groups is 1. The van der Waals surface area contributed by atoms with Gasteiger partial charge in [0.2, 0.25) is 41.4 Å². The number of unbranched alkanes of at least 4 members (excludes halogenated alkanes) is 9. The molecule has 0 bridgehead atoms. The van der Waals surface area contributed by atoms with Crippen LogP contribution < -0.4 is 49.1 Å². The molecule has 7 amide bonds. The Bertz CT molecular complexity index is 1560. The van der Waals surface area contributed by atoms with Gasteiger partial charge in [-0.25, -0.2) is 4.79 Å². The van der Waals surface area contributed by atoms with Crippen LogP contribution in [0.4, 0.5) is 0 Å². The van der Waals surface area contributed by atoms with E-state index in [1.54, 1.807) is 27.7 Å². The molecule has 0 saturated carbocycles. The summed E-state index contributed by atoms with van der Waals surface area (Å²) in [6, 6.07) is -8.68.